The summed E-state index contributed by atoms with van der Waals surface area (Å²) in [6.45, 7) is 8.64. The van der Waals surface area contributed by atoms with Gasteiger partial charge in [-0.1, -0.05) is 32.9 Å². The smallest absolute Gasteiger partial charge is 0.331 e. The van der Waals surface area contributed by atoms with Crippen LogP contribution in [0.3, 0.4) is 0 Å². The van der Waals surface area contributed by atoms with Crippen LogP contribution in [0.1, 0.15) is 46.1 Å². The minimum Gasteiger partial charge on any atom is -0.451 e. The van der Waals surface area contributed by atoms with Gasteiger partial charge < -0.3 is 9.64 Å². The van der Waals surface area contributed by atoms with Gasteiger partial charge in [-0.25, -0.2) is 13.2 Å². The van der Waals surface area contributed by atoms with Crippen molar-refractivity contribution < 1.29 is 22.7 Å². The van der Waals surface area contributed by atoms with Gasteiger partial charge in [0.15, 0.2) is 12.1 Å². The summed E-state index contributed by atoms with van der Waals surface area (Å²) in [5, 5.41) is 0. The fraction of sp³-hybridized carbons (Fsp3) is 0.571. The molecule has 8 nitrogen and oxygen atoms in total. The van der Waals surface area contributed by atoms with Gasteiger partial charge in [0, 0.05) is 18.7 Å². The molecule has 30 heavy (non-hydrogen) atoms. The van der Waals surface area contributed by atoms with Crippen LogP contribution in [-0.4, -0.2) is 56.3 Å². The molecule has 0 aromatic heterocycles. The van der Waals surface area contributed by atoms with Gasteiger partial charge in [0.25, 0.3) is 15.9 Å². The Labute approximate surface area is 177 Å². The van der Waals surface area contributed by atoms with Crippen LogP contribution in [0.5, 0.6) is 0 Å². The molecule has 0 radical (unpaired) electrons. The molecule has 1 saturated heterocycles. The van der Waals surface area contributed by atoms with Crippen molar-refractivity contribution in [2.24, 2.45) is 16.8 Å². The standard InChI is InChI=1S/C21H29N3O5S/c1-13(2)18(22-19-16-7-5-6-8-17(16)30(27,28)23-19)21(26)29-15(4)20(25)24-11-9-14(3)10-12-24/h5-8,13-15,18H,9-12H2,1-4H3,(H,22,23). The highest BCUT2D eigenvalue weighted by Gasteiger charge is 2.34. The third-order valence-corrected chi connectivity index (χ3v) is 6.94. The van der Waals surface area contributed by atoms with Gasteiger partial charge in [0.2, 0.25) is 0 Å². The lowest BCUT2D eigenvalue weighted by Gasteiger charge is -2.32. The Morgan fingerprint density at radius 2 is 1.80 bits per heavy atom. The number of hydrogen-bond donors (Lipinski definition) is 1. The van der Waals surface area contributed by atoms with Crippen LogP contribution in [0.25, 0.3) is 0 Å². The lowest BCUT2D eigenvalue weighted by molar-refractivity contribution is -0.161. The molecule has 2 unspecified atom stereocenters. The maximum absolute atomic E-state index is 12.8. The van der Waals surface area contributed by atoms with Crippen molar-refractivity contribution in [3.05, 3.63) is 29.8 Å². The Morgan fingerprint density at radius 1 is 1.17 bits per heavy atom. The lowest BCUT2D eigenvalue weighted by Crippen LogP contribution is -2.45. The maximum atomic E-state index is 12.8. The number of nitrogens with zero attached hydrogens (tertiary/aromatic N) is 2. The molecule has 0 bridgehead atoms. The van der Waals surface area contributed by atoms with E-state index in [1.165, 1.54) is 6.07 Å². The molecule has 3 rings (SSSR count). The molecule has 2 aliphatic rings. The highest BCUT2D eigenvalue weighted by molar-refractivity contribution is 7.90. The molecule has 2 aliphatic heterocycles. The Hall–Kier alpha value is -2.42. The number of hydrogen-bond acceptors (Lipinski definition) is 6. The van der Waals surface area contributed by atoms with Crippen LogP contribution in [0.15, 0.2) is 34.2 Å². The van der Waals surface area contributed by atoms with Crippen molar-refractivity contribution >= 4 is 27.7 Å². The number of benzene rings is 1. The van der Waals surface area contributed by atoms with Gasteiger partial charge >= 0.3 is 5.97 Å². The topological polar surface area (TPSA) is 105 Å². The first kappa shape index (κ1) is 22.3. The van der Waals surface area contributed by atoms with Gasteiger partial charge in [0.05, 0.1) is 4.90 Å². The summed E-state index contributed by atoms with van der Waals surface area (Å²) in [6.07, 6.45) is 0.961. The number of sulfonamides is 1. The minimum atomic E-state index is -3.70. The lowest BCUT2D eigenvalue weighted by atomic mass is 9.99. The fourth-order valence-electron chi connectivity index (χ4n) is 3.62. The Kier molecular flexibility index (Phi) is 6.50. The van der Waals surface area contributed by atoms with Gasteiger partial charge in [-0.05, 0) is 43.7 Å². The van der Waals surface area contributed by atoms with E-state index in [1.807, 2.05) is 0 Å². The van der Waals surface area contributed by atoms with E-state index in [4.69, 9.17) is 4.74 Å². The number of amidine groups is 1. The first-order chi connectivity index (χ1) is 14.1. The number of esters is 1. The molecular formula is C21H29N3O5S. The summed E-state index contributed by atoms with van der Waals surface area (Å²) in [6, 6.07) is 5.52. The number of amides is 1. The molecule has 0 spiro atoms. The Bertz CT molecular complexity index is 949. The SMILES string of the molecule is CC1CCN(C(=O)C(C)OC(=O)C(N=C2NS(=O)(=O)c3ccccc32)C(C)C)CC1. The molecule has 1 aromatic rings. The van der Waals surface area contributed by atoms with E-state index in [9.17, 15) is 18.0 Å². The molecule has 0 aliphatic carbocycles. The van der Waals surface area contributed by atoms with Crippen molar-refractivity contribution in [3.63, 3.8) is 0 Å². The molecule has 2 heterocycles. The number of carbonyl (C=O) groups excluding carboxylic acids is 2. The van der Waals surface area contributed by atoms with Crippen LogP contribution < -0.4 is 4.72 Å². The maximum Gasteiger partial charge on any atom is 0.331 e. The van der Waals surface area contributed by atoms with Crippen molar-refractivity contribution in [1.29, 1.82) is 0 Å². The predicted octanol–water partition coefficient (Wildman–Crippen LogP) is 1.94. The van der Waals surface area contributed by atoms with Crippen molar-refractivity contribution in [1.82, 2.24) is 9.62 Å². The van der Waals surface area contributed by atoms with E-state index in [0.717, 1.165) is 12.8 Å². The first-order valence-electron chi connectivity index (χ1n) is 10.3. The number of ether oxygens (including phenoxy) is 1. The second kappa shape index (κ2) is 8.75. The fourth-order valence-corrected chi connectivity index (χ4v) is 4.86. The Morgan fingerprint density at radius 3 is 2.43 bits per heavy atom. The number of nitrogens with one attached hydrogen (secondary N) is 1. The third-order valence-electron chi connectivity index (χ3n) is 5.54. The Balaban J connectivity index is 1.75. The molecule has 0 saturated carbocycles. The van der Waals surface area contributed by atoms with E-state index in [-0.39, 0.29) is 22.6 Å². The zero-order valence-electron chi connectivity index (χ0n) is 17.8. The average Bonchev–Trinajstić information content (AvgIpc) is 2.96. The normalized spacial score (nSPS) is 21.8. The van der Waals surface area contributed by atoms with Gasteiger partial charge in [-0.15, -0.1) is 0 Å². The second-order valence-electron chi connectivity index (χ2n) is 8.36. The highest BCUT2D eigenvalue weighted by Crippen LogP contribution is 2.24. The van der Waals surface area contributed by atoms with E-state index in [1.54, 1.807) is 43.9 Å². The summed E-state index contributed by atoms with van der Waals surface area (Å²) in [4.78, 5) is 31.7. The van der Waals surface area contributed by atoms with Crippen LogP contribution in [-0.2, 0) is 24.3 Å². The van der Waals surface area contributed by atoms with Gasteiger partial charge in [-0.2, -0.15) is 0 Å². The van der Waals surface area contributed by atoms with E-state index in [0.29, 0.717) is 24.6 Å². The van der Waals surface area contributed by atoms with Gasteiger partial charge in [0.1, 0.15) is 5.84 Å². The molecular weight excluding hydrogens is 406 g/mol. The molecule has 1 N–H and O–H groups in total. The molecule has 1 aromatic carbocycles. The third kappa shape index (κ3) is 4.66. The van der Waals surface area contributed by atoms with E-state index < -0.39 is 28.1 Å². The van der Waals surface area contributed by atoms with Crippen molar-refractivity contribution in [3.8, 4) is 0 Å². The number of rotatable bonds is 5. The zero-order valence-corrected chi connectivity index (χ0v) is 18.6. The summed E-state index contributed by atoms with van der Waals surface area (Å²) >= 11 is 0. The number of piperidine rings is 1. The van der Waals surface area contributed by atoms with Crippen LogP contribution in [0.4, 0.5) is 0 Å². The van der Waals surface area contributed by atoms with Gasteiger partial charge in [-0.3, -0.25) is 14.5 Å². The summed E-state index contributed by atoms with van der Waals surface area (Å²) in [5.41, 5.74) is 0.419. The second-order valence-corrected chi connectivity index (χ2v) is 10.0. The number of likely N-dealkylation sites (tertiary alicyclic amines) is 1. The van der Waals surface area contributed by atoms with Crippen molar-refractivity contribution in [2.45, 2.75) is 57.6 Å². The largest absolute Gasteiger partial charge is 0.451 e. The summed E-state index contributed by atoms with van der Waals surface area (Å²) in [5.74, 6) is -0.401. The molecule has 9 heteroatoms. The van der Waals surface area contributed by atoms with Crippen LogP contribution in [0, 0.1) is 11.8 Å². The van der Waals surface area contributed by atoms with Crippen LogP contribution in [0.2, 0.25) is 0 Å². The average molecular weight is 436 g/mol. The summed E-state index contributed by atoms with van der Waals surface area (Å²) < 4.78 is 32.4. The number of aliphatic imine (C=N–C) groups is 1. The zero-order chi connectivity index (χ0) is 22.1. The number of fused-ring (bicyclic) bond motifs is 1. The molecule has 164 valence electrons. The van der Waals surface area contributed by atoms with E-state index in [2.05, 4.69) is 16.6 Å². The van der Waals surface area contributed by atoms with E-state index >= 15 is 0 Å². The molecule has 2 atom stereocenters. The predicted molar refractivity (Wildman–Crippen MR) is 112 cm³/mol. The number of carbonyl (C=O) groups is 2. The van der Waals surface area contributed by atoms with Crippen molar-refractivity contribution in [2.75, 3.05) is 13.1 Å². The highest BCUT2D eigenvalue weighted by atomic mass is 32.2. The van der Waals surface area contributed by atoms with Crippen LogP contribution >= 0.6 is 0 Å². The summed E-state index contributed by atoms with van der Waals surface area (Å²) in [7, 11) is -3.70. The molecule has 1 fully saturated rings. The quantitative estimate of drug-likeness (QED) is 0.712. The first-order valence-corrected chi connectivity index (χ1v) is 11.8. The molecule has 1 amide bonds. The minimum absolute atomic E-state index is 0.116. The monoisotopic (exact) mass is 435 g/mol.